The molecule has 1 aliphatic rings. The largest absolute Gasteiger partial charge is 0.468 e. The predicted molar refractivity (Wildman–Crippen MR) is 42.2 cm³/mol. The van der Waals surface area contributed by atoms with E-state index >= 15 is 0 Å². The van der Waals surface area contributed by atoms with Crippen LogP contribution in [-0.4, -0.2) is 15.5 Å². The van der Waals surface area contributed by atoms with Crippen molar-refractivity contribution in [2.45, 2.75) is 25.2 Å². The van der Waals surface area contributed by atoms with E-state index in [9.17, 15) is 13.2 Å². The van der Waals surface area contributed by atoms with Gasteiger partial charge in [-0.1, -0.05) is 0 Å². The molecule has 0 spiro atoms. The van der Waals surface area contributed by atoms with E-state index in [0.717, 1.165) is 0 Å². The van der Waals surface area contributed by atoms with E-state index in [-0.39, 0.29) is 18.4 Å². The molecule has 0 aromatic carbocycles. The molecule has 0 unspecified atom stereocenters. The molecule has 1 saturated carbocycles. The SMILES string of the molecule is Cl.FC(F)(F)N(I)C1CC1. The van der Waals surface area contributed by atoms with Gasteiger partial charge in [-0.2, -0.15) is 16.3 Å². The van der Waals surface area contributed by atoms with Crippen LogP contribution in [0.25, 0.3) is 0 Å². The third-order valence-electron chi connectivity index (χ3n) is 1.11. The first-order valence-corrected chi connectivity index (χ1v) is 3.50. The lowest BCUT2D eigenvalue weighted by atomic mass is 10.7. The number of nitrogens with zero attached hydrogens (tertiary/aromatic N) is 1. The molecule has 0 bridgehead atoms. The second-order valence-electron chi connectivity index (χ2n) is 2.01. The van der Waals surface area contributed by atoms with Crippen LogP contribution in [0.2, 0.25) is 0 Å². The van der Waals surface area contributed by atoms with E-state index in [1.54, 1.807) is 0 Å². The van der Waals surface area contributed by atoms with Gasteiger partial charge in [-0.25, -0.2) is 0 Å². The highest BCUT2D eigenvalue weighted by atomic mass is 127. The van der Waals surface area contributed by atoms with Gasteiger partial charge in [0.2, 0.25) is 0 Å². The van der Waals surface area contributed by atoms with E-state index < -0.39 is 6.30 Å². The van der Waals surface area contributed by atoms with E-state index in [1.165, 1.54) is 22.9 Å². The van der Waals surface area contributed by atoms with Gasteiger partial charge in [-0.05, 0) is 12.8 Å². The molecule has 1 aliphatic carbocycles. The molecule has 0 radical (unpaired) electrons. The molecular formula is C4H6ClF3IN. The van der Waals surface area contributed by atoms with Gasteiger partial charge < -0.3 is 0 Å². The fourth-order valence-corrected chi connectivity index (χ4v) is 1.07. The molecule has 0 saturated heterocycles. The molecule has 0 atom stereocenters. The molecule has 10 heavy (non-hydrogen) atoms. The van der Waals surface area contributed by atoms with Crippen LogP contribution in [0.1, 0.15) is 12.8 Å². The van der Waals surface area contributed by atoms with Crippen LogP contribution < -0.4 is 0 Å². The molecule has 0 aliphatic heterocycles. The van der Waals surface area contributed by atoms with Gasteiger partial charge in [0.15, 0.2) is 0 Å². The standard InChI is InChI=1S/C4H5F3IN.ClH/c5-4(6,7)9(8)3-1-2-3;/h3H,1-2H2;1H. The molecule has 6 heteroatoms. The van der Waals surface area contributed by atoms with Gasteiger partial charge in [0.25, 0.3) is 0 Å². The minimum Gasteiger partial charge on any atom is -0.155 e. The molecule has 0 N–H and O–H groups in total. The summed E-state index contributed by atoms with van der Waals surface area (Å²) in [4.78, 5) is 0. The second-order valence-corrected chi connectivity index (χ2v) is 3.05. The molecule has 0 aromatic heterocycles. The number of alkyl halides is 3. The third kappa shape index (κ3) is 2.79. The topological polar surface area (TPSA) is 3.24 Å². The Morgan fingerprint density at radius 2 is 1.70 bits per heavy atom. The van der Waals surface area contributed by atoms with Crippen molar-refractivity contribution in [2.24, 2.45) is 0 Å². The first-order valence-electron chi connectivity index (χ1n) is 2.53. The van der Waals surface area contributed by atoms with Crippen LogP contribution >= 0.6 is 35.3 Å². The fourth-order valence-electron chi connectivity index (χ4n) is 0.508. The van der Waals surface area contributed by atoms with Gasteiger partial charge in [-0.15, -0.1) is 12.4 Å². The van der Waals surface area contributed by atoms with Crippen LogP contribution in [-0.2, 0) is 0 Å². The van der Waals surface area contributed by atoms with Crippen molar-refractivity contribution < 1.29 is 13.2 Å². The lowest BCUT2D eigenvalue weighted by Gasteiger charge is -2.15. The highest BCUT2D eigenvalue weighted by molar-refractivity contribution is 14.1. The number of hydrogen-bond donors (Lipinski definition) is 0. The maximum Gasteiger partial charge on any atom is 0.468 e. The zero-order valence-corrected chi connectivity index (χ0v) is 7.83. The quantitative estimate of drug-likeness (QED) is 0.407. The Hall–Kier alpha value is 0.770. The van der Waals surface area contributed by atoms with Crippen molar-refractivity contribution in [1.82, 2.24) is 3.11 Å². The normalized spacial score (nSPS) is 18.9. The maximum absolute atomic E-state index is 11.7. The smallest absolute Gasteiger partial charge is 0.155 e. The van der Waals surface area contributed by atoms with E-state index in [0.29, 0.717) is 16.0 Å². The fraction of sp³-hybridized carbons (Fsp3) is 1.00. The van der Waals surface area contributed by atoms with Crippen molar-refractivity contribution in [1.29, 1.82) is 0 Å². The Kier molecular flexibility index (Phi) is 3.71. The summed E-state index contributed by atoms with van der Waals surface area (Å²) in [6, 6.07) is -0.245. The zero-order chi connectivity index (χ0) is 7.07. The summed E-state index contributed by atoms with van der Waals surface area (Å²) in [5, 5.41) is 0. The Balaban J connectivity index is 0.000000810. The summed E-state index contributed by atoms with van der Waals surface area (Å²) >= 11 is 1.31. The van der Waals surface area contributed by atoms with Gasteiger partial charge in [0.05, 0.1) is 0 Å². The van der Waals surface area contributed by atoms with E-state index in [1.807, 2.05) is 0 Å². The Labute approximate surface area is 76.9 Å². The molecule has 0 aromatic rings. The molecule has 1 nitrogen and oxygen atoms in total. The van der Waals surface area contributed by atoms with Crippen molar-refractivity contribution in [2.75, 3.05) is 0 Å². The van der Waals surface area contributed by atoms with Gasteiger partial charge >= 0.3 is 6.30 Å². The molecule has 0 amide bonds. The molecule has 62 valence electrons. The summed E-state index contributed by atoms with van der Waals surface area (Å²) in [6.45, 7) is 0. The van der Waals surface area contributed by atoms with E-state index in [4.69, 9.17) is 0 Å². The predicted octanol–water partition coefficient (Wildman–Crippen LogP) is 2.74. The van der Waals surface area contributed by atoms with Crippen LogP contribution in [0.5, 0.6) is 0 Å². The van der Waals surface area contributed by atoms with Gasteiger partial charge in [0, 0.05) is 28.9 Å². The maximum atomic E-state index is 11.7. The minimum absolute atomic E-state index is 0. The number of rotatable bonds is 1. The molecule has 1 fully saturated rings. The summed E-state index contributed by atoms with van der Waals surface area (Å²) in [6.07, 6.45) is -2.77. The van der Waals surface area contributed by atoms with Crippen LogP contribution in [0, 0.1) is 0 Å². The summed E-state index contributed by atoms with van der Waals surface area (Å²) < 4.78 is 35.4. The summed E-state index contributed by atoms with van der Waals surface area (Å²) in [5.74, 6) is 0. The lowest BCUT2D eigenvalue weighted by molar-refractivity contribution is -0.200. The Morgan fingerprint density at radius 3 is 1.80 bits per heavy atom. The number of hydrogen-bond acceptors (Lipinski definition) is 1. The first-order chi connectivity index (χ1) is 4.02. The van der Waals surface area contributed by atoms with Crippen molar-refractivity contribution in [3.8, 4) is 0 Å². The average molecular weight is 287 g/mol. The molecule has 1 rings (SSSR count). The van der Waals surface area contributed by atoms with E-state index in [2.05, 4.69) is 0 Å². The van der Waals surface area contributed by atoms with Crippen molar-refractivity contribution >= 4 is 35.3 Å². The molecular weight excluding hydrogens is 281 g/mol. The lowest BCUT2D eigenvalue weighted by Crippen LogP contribution is -2.30. The van der Waals surface area contributed by atoms with Crippen LogP contribution in [0.3, 0.4) is 0 Å². The Morgan fingerprint density at radius 1 is 1.30 bits per heavy atom. The Bertz CT molecular complexity index is 114. The zero-order valence-electron chi connectivity index (χ0n) is 4.86. The number of halogens is 5. The van der Waals surface area contributed by atoms with Crippen molar-refractivity contribution in [3.63, 3.8) is 0 Å². The highest BCUT2D eigenvalue weighted by Crippen LogP contribution is 2.38. The van der Waals surface area contributed by atoms with Gasteiger partial charge in [0.1, 0.15) is 0 Å². The first kappa shape index (κ1) is 10.8. The highest BCUT2D eigenvalue weighted by Gasteiger charge is 2.44. The monoisotopic (exact) mass is 287 g/mol. The summed E-state index contributed by atoms with van der Waals surface area (Å²) in [7, 11) is 0. The third-order valence-corrected chi connectivity index (χ3v) is 2.44. The van der Waals surface area contributed by atoms with Gasteiger partial charge in [-0.3, -0.25) is 0 Å². The van der Waals surface area contributed by atoms with Crippen molar-refractivity contribution in [3.05, 3.63) is 0 Å². The van der Waals surface area contributed by atoms with Crippen LogP contribution in [0.15, 0.2) is 0 Å². The summed E-state index contributed by atoms with van der Waals surface area (Å²) in [5.41, 5.74) is 0. The minimum atomic E-state index is -4.14. The molecule has 0 heterocycles. The second kappa shape index (κ2) is 3.44. The van der Waals surface area contributed by atoms with Crippen LogP contribution in [0.4, 0.5) is 13.2 Å². The average Bonchev–Trinajstić information content (AvgIpc) is 2.40.